The normalized spacial score (nSPS) is 11.8. The maximum absolute atomic E-state index is 13.4. The lowest BCUT2D eigenvalue weighted by Gasteiger charge is -2.08. The fourth-order valence-corrected chi connectivity index (χ4v) is 1.68. The van der Waals surface area contributed by atoms with E-state index in [1.165, 1.54) is 20.1 Å². The number of benzene rings is 1. The molecule has 1 rings (SSSR count). The van der Waals surface area contributed by atoms with Gasteiger partial charge in [-0.15, -0.1) is 0 Å². The lowest BCUT2D eigenvalue weighted by Crippen LogP contribution is -2.08. The van der Waals surface area contributed by atoms with Crippen LogP contribution in [0.25, 0.3) is 5.57 Å². The van der Waals surface area contributed by atoms with Crippen molar-refractivity contribution in [3.05, 3.63) is 40.8 Å². The third kappa shape index (κ3) is 2.94. The lowest BCUT2D eigenvalue weighted by molar-refractivity contribution is -0.111. The van der Waals surface area contributed by atoms with Crippen molar-refractivity contribution in [1.29, 1.82) is 0 Å². The first-order chi connectivity index (χ1) is 8.36. The number of carbonyl (C=O) groups is 2. The summed E-state index contributed by atoms with van der Waals surface area (Å²) in [6.07, 6.45) is 0. The van der Waals surface area contributed by atoms with Crippen LogP contribution in [-0.2, 0) is 9.53 Å². The molecule has 0 atom stereocenters. The number of nitrogens with two attached hydrogens (primary N) is 1. The number of esters is 1. The molecule has 0 aliphatic heterocycles. The maximum atomic E-state index is 13.4. The van der Waals surface area contributed by atoms with E-state index in [2.05, 4.69) is 4.74 Å². The second-order valence-electron chi connectivity index (χ2n) is 3.83. The quantitative estimate of drug-likeness (QED) is 0.658. The zero-order valence-electron chi connectivity index (χ0n) is 10.4. The van der Waals surface area contributed by atoms with Gasteiger partial charge < -0.3 is 10.5 Å². The van der Waals surface area contributed by atoms with Crippen LogP contribution in [0.3, 0.4) is 0 Å². The highest BCUT2D eigenvalue weighted by molar-refractivity contribution is 6.20. The Morgan fingerprint density at radius 2 is 1.72 bits per heavy atom. The molecular formula is C13H14FNO3. The minimum absolute atomic E-state index is 0.0347. The van der Waals surface area contributed by atoms with Crippen LogP contribution in [-0.4, -0.2) is 18.9 Å². The van der Waals surface area contributed by atoms with E-state index < -0.39 is 11.8 Å². The molecular weight excluding hydrogens is 237 g/mol. The number of methoxy groups -OCH3 is 1. The molecule has 0 heterocycles. The summed E-state index contributed by atoms with van der Waals surface area (Å²) in [6.45, 7) is 2.87. The highest BCUT2D eigenvalue weighted by Crippen LogP contribution is 2.21. The molecule has 0 amide bonds. The van der Waals surface area contributed by atoms with Crippen molar-refractivity contribution in [1.82, 2.24) is 0 Å². The minimum atomic E-state index is -0.673. The van der Waals surface area contributed by atoms with Gasteiger partial charge in [0.15, 0.2) is 5.78 Å². The molecule has 0 radical (unpaired) electrons. The van der Waals surface area contributed by atoms with Crippen LogP contribution >= 0.6 is 0 Å². The second kappa shape index (κ2) is 5.44. The van der Waals surface area contributed by atoms with Gasteiger partial charge in [-0.2, -0.15) is 0 Å². The number of hydrogen-bond acceptors (Lipinski definition) is 4. The Labute approximate surface area is 104 Å². The van der Waals surface area contributed by atoms with Gasteiger partial charge in [0.2, 0.25) is 0 Å². The summed E-state index contributed by atoms with van der Waals surface area (Å²) in [7, 11) is 1.20. The summed E-state index contributed by atoms with van der Waals surface area (Å²) >= 11 is 0. The van der Waals surface area contributed by atoms with E-state index in [4.69, 9.17) is 5.73 Å². The Hall–Kier alpha value is -2.17. The molecule has 96 valence electrons. The highest BCUT2D eigenvalue weighted by Gasteiger charge is 2.15. The summed E-state index contributed by atoms with van der Waals surface area (Å²) in [5.74, 6) is -1.60. The molecule has 0 aliphatic rings. The molecule has 0 bridgehead atoms. The molecule has 0 aliphatic carbocycles. The zero-order valence-corrected chi connectivity index (χ0v) is 10.4. The van der Waals surface area contributed by atoms with Crippen LogP contribution in [0.4, 0.5) is 4.39 Å². The number of halogens is 1. The Morgan fingerprint density at radius 3 is 2.17 bits per heavy atom. The van der Waals surface area contributed by atoms with Gasteiger partial charge in [0, 0.05) is 11.3 Å². The predicted octanol–water partition coefficient (Wildman–Crippen LogP) is 1.89. The Bertz CT molecular complexity index is 531. The van der Waals surface area contributed by atoms with Gasteiger partial charge in [-0.1, -0.05) is 0 Å². The SMILES string of the molecule is COC(=O)c1cc(F)cc(C(C(C)=O)=C(C)N)c1. The van der Waals surface area contributed by atoms with Gasteiger partial charge in [0.1, 0.15) is 5.82 Å². The molecule has 0 saturated carbocycles. The number of Topliss-reactive ketones (excluding diaryl/α,β-unsaturated/α-hetero) is 1. The van der Waals surface area contributed by atoms with Crippen molar-refractivity contribution >= 4 is 17.3 Å². The van der Waals surface area contributed by atoms with Crippen molar-refractivity contribution in [2.24, 2.45) is 5.73 Å². The molecule has 2 N–H and O–H groups in total. The molecule has 0 saturated heterocycles. The average molecular weight is 251 g/mol. The Balaban J connectivity index is 3.42. The van der Waals surface area contributed by atoms with E-state index in [1.54, 1.807) is 6.92 Å². The molecule has 0 unspecified atom stereocenters. The molecule has 5 heteroatoms. The van der Waals surface area contributed by atoms with Gasteiger partial charge >= 0.3 is 5.97 Å². The van der Waals surface area contributed by atoms with Gasteiger partial charge in [0.25, 0.3) is 0 Å². The fraction of sp³-hybridized carbons (Fsp3) is 0.231. The molecule has 0 fully saturated rings. The smallest absolute Gasteiger partial charge is 0.337 e. The summed E-state index contributed by atoms with van der Waals surface area (Å²) in [5, 5.41) is 0. The van der Waals surface area contributed by atoms with Crippen LogP contribution in [0, 0.1) is 5.82 Å². The van der Waals surface area contributed by atoms with Crippen molar-refractivity contribution in [2.75, 3.05) is 7.11 Å². The van der Waals surface area contributed by atoms with Crippen molar-refractivity contribution < 1.29 is 18.7 Å². The largest absolute Gasteiger partial charge is 0.465 e. The Kier molecular flexibility index (Phi) is 4.20. The standard InChI is InChI=1S/C13H14FNO3/c1-7(15)12(8(2)16)9-4-10(13(17)18-3)6-11(14)5-9/h4-6H,15H2,1-3H3. The van der Waals surface area contributed by atoms with Crippen LogP contribution in [0.15, 0.2) is 23.9 Å². The first kappa shape index (κ1) is 13.9. The van der Waals surface area contributed by atoms with Gasteiger partial charge in [-0.3, -0.25) is 4.79 Å². The van der Waals surface area contributed by atoms with Crippen LogP contribution < -0.4 is 5.73 Å². The minimum Gasteiger partial charge on any atom is -0.465 e. The van der Waals surface area contributed by atoms with Crippen LogP contribution in [0.1, 0.15) is 29.8 Å². The highest BCUT2D eigenvalue weighted by atomic mass is 19.1. The van der Waals surface area contributed by atoms with E-state index in [0.717, 1.165) is 12.1 Å². The van der Waals surface area contributed by atoms with E-state index in [0.29, 0.717) is 0 Å². The molecule has 1 aromatic carbocycles. The van der Waals surface area contributed by atoms with E-state index >= 15 is 0 Å². The lowest BCUT2D eigenvalue weighted by atomic mass is 9.98. The zero-order chi connectivity index (χ0) is 13.9. The second-order valence-corrected chi connectivity index (χ2v) is 3.83. The molecule has 18 heavy (non-hydrogen) atoms. The van der Waals surface area contributed by atoms with Crippen molar-refractivity contribution in [2.45, 2.75) is 13.8 Å². The van der Waals surface area contributed by atoms with Gasteiger partial charge in [0.05, 0.1) is 12.7 Å². The Morgan fingerprint density at radius 1 is 1.17 bits per heavy atom. The first-order valence-corrected chi connectivity index (χ1v) is 5.23. The average Bonchev–Trinajstić information content (AvgIpc) is 2.26. The molecule has 1 aromatic rings. The number of rotatable bonds is 3. The van der Waals surface area contributed by atoms with Crippen LogP contribution in [0.5, 0.6) is 0 Å². The summed E-state index contributed by atoms with van der Waals surface area (Å²) in [5.41, 5.74) is 6.36. The van der Waals surface area contributed by atoms with E-state index in [1.807, 2.05) is 0 Å². The fourth-order valence-electron chi connectivity index (χ4n) is 1.68. The molecule has 0 spiro atoms. The summed E-state index contributed by atoms with van der Waals surface area (Å²) < 4.78 is 17.9. The number of ether oxygens (including phenoxy) is 1. The van der Waals surface area contributed by atoms with Crippen LogP contribution in [0.2, 0.25) is 0 Å². The van der Waals surface area contributed by atoms with E-state index in [9.17, 15) is 14.0 Å². The van der Waals surface area contributed by atoms with Gasteiger partial charge in [-0.25, -0.2) is 9.18 Å². The first-order valence-electron chi connectivity index (χ1n) is 5.23. The third-order valence-corrected chi connectivity index (χ3v) is 2.35. The number of ketones is 1. The molecule has 4 nitrogen and oxygen atoms in total. The maximum Gasteiger partial charge on any atom is 0.337 e. The molecule has 0 aromatic heterocycles. The topological polar surface area (TPSA) is 69.4 Å². The number of allylic oxidation sites excluding steroid dienone is 2. The summed E-state index contributed by atoms with van der Waals surface area (Å²) in [6, 6.07) is 3.57. The summed E-state index contributed by atoms with van der Waals surface area (Å²) in [4.78, 5) is 22.8. The van der Waals surface area contributed by atoms with E-state index in [-0.39, 0.29) is 28.2 Å². The van der Waals surface area contributed by atoms with Crippen molar-refractivity contribution in [3.63, 3.8) is 0 Å². The third-order valence-electron chi connectivity index (χ3n) is 2.35. The van der Waals surface area contributed by atoms with Crippen molar-refractivity contribution in [3.8, 4) is 0 Å². The number of hydrogen-bond donors (Lipinski definition) is 1. The van der Waals surface area contributed by atoms with Gasteiger partial charge in [-0.05, 0) is 37.6 Å². The predicted molar refractivity (Wildman–Crippen MR) is 65.2 cm³/mol. The monoisotopic (exact) mass is 251 g/mol. The number of carbonyl (C=O) groups excluding carboxylic acids is 2.